The molecule has 4 nitrogen and oxygen atoms in total. The van der Waals surface area contributed by atoms with Crippen LogP contribution in [0.3, 0.4) is 0 Å². The van der Waals surface area contributed by atoms with Crippen molar-refractivity contribution in [3.05, 3.63) is 65.2 Å². The topological polar surface area (TPSA) is 49.4 Å². The zero-order chi connectivity index (χ0) is 18.6. The first-order valence-corrected chi connectivity index (χ1v) is 10.0. The predicted molar refractivity (Wildman–Crippen MR) is 103 cm³/mol. The van der Waals surface area contributed by atoms with E-state index in [0.29, 0.717) is 17.4 Å². The molecule has 0 bridgehead atoms. The lowest BCUT2D eigenvalue weighted by Crippen LogP contribution is -2.34. The van der Waals surface area contributed by atoms with Gasteiger partial charge in [-0.2, -0.15) is 0 Å². The Bertz CT molecular complexity index is 779. The minimum atomic E-state index is -3.52. The van der Waals surface area contributed by atoms with Gasteiger partial charge in [-0.3, -0.25) is 0 Å². The molecule has 0 aliphatic heterocycles. The van der Waals surface area contributed by atoms with Crippen molar-refractivity contribution in [3.8, 4) is 0 Å². The summed E-state index contributed by atoms with van der Waals surface area (Å²) in [6.07, 6.45) is 0. The van der Waals surface area contributed by atoms with Gasteiger partial charge in [0.15, 0.2) is 0 Å². The molecule has 0 spiro atoms. The molecule has 0 amide bonds. The van der Waals surface area contributed by atoms with Crippen molar-refractivity contribution in [1.82, 2.24) is 9.62 Å². The van der Waals surface area contributed by atoms with Crippen molar-refractivity contribution in [2.45, 2.75) is 37.6 Å². The summed E-state index contributed by atoms with van der Waals surface area (Å²) in [5.41, 5.74) is 3.41. The maximum atomic E-state index is 12.6. The van der Waals surface area contributed by atoms with Gasteiger partial charge >= 0.3 is 0 Å². The van der Waals surface area contributed by atoms with Crippen LogP contribution >= 0.6 is 0 Å². The number of benzene rings is 2. The molecule has 0 saturated carbocycles. The van der Waals surface area contributed by atoms with E-state index >= 15 is 0 Å². The summed E-state index contributed by atoms with van der Waals surface area (Å²) in [5, 5.41) is 0. The summed E-state index contributed by atoms with van der Waals surface area (Å²) in [6.45, 7) is 6.54. The summed E-state index contributed by atoms with van der Waals surface area (Å²) < 4.78 is 27.9. The third-order valence-electron chi connectivity index (χ3n) is 4.41. The molecule has 0 radical (unpaired) electrons. The molecule has 5 heteroatoms. The van der Waals surface area contributed by atoms with Crippen LogP contribution in [0.1, 0.15) is 42.5 Å². The van der Waals surface area contributed by atoms with Crippen LogP contribution in [0.2, 0.25) is 0 Å². The molecule has 25 heavy (non-hydrogen) atoms. The minimum absolute atomic E-state index is 0.0229. The van der Waals surface area contributed by atoms with E-state index in [0.717, 1.165) is 11.1 Å². The van der Waals surface area contributed by atoms with E-state index in [2.05, 4.69) is 18.6 Å². The third-order valence-corrected chi connectivity index (χ3v) is 5.85. The smallest absolute Gasteiger partial charge is 0.240 e. The van der Waals surface area contributed by atoms with Gasteiger partial charge in [0.1, 0.15) is 0 Å². The molecule has 0 aromatic heterocycles. The molecule has 0 aliphatic carbocycles. The van der Waals surface area contributed by atoms with E-state index in [1.54, 1.807) is 12.1 Å². The van der Waals surface area contributed by atoms with E-state index in [9.17, 15) is 8.42 Å². The largest absolute Gasteiger partial charge is 0.301 e. The van der Waals surface area contributed by atoms with Crippen LogP contribution in [0, 0.1) is 6.92 Å². The first kappa shape index (κ1) is 19.6. The monoisotopic (exact) mass is 360 g/mol. The van der Waals surface area contributed by atoms with Crippen LogP contribution in [-0.2, 0) is 10.0 Å². The first-order chi connectivity index (χ1) is 11.7. The van der Waals surface area contributed by atoms with Crippen molar-refractivity contribution in [2.24, 2.45) is 0 Å². The quantitative estimate of drug-likeness (QED) is 0.819. The van der Waals surface area contributed by atoms with Gasteiger partial charge in [0.05, 0.1) is 4.90 Å². The Morgan fingerprint density at radius 2 is 1.44 bits per heavy atom. The van der Waals surface area contributed by atoms with Gasteiger partial charge in [0.2, 0.25) is 10.0 Å². The van der Waals surface area contributed by atoms with Crippen molar-refractivity contribution < 1.29 is 8.42 Å². The lowest BCUT2D eigenvalue weighted by atomic mass is 10.0. The fourth-order valence-electron chi connectivity index (χ4n) is 2.69. The van der Waals surface area contributed by atoms with E-state index in [1.165, 1.54) is 5.56 Å². The van der Waals surface area contributed by atoms with E-state index in [4.69, 9.17) is 0 Å². The average Bonchev–Trinajstić information content (AvgIpc) is 2.56. The molecule has 1 atom stereocenters. The lowest BCUT2D eigenvalue weighted by Gasteiger charge is -2.25. The summed E-state index contributed by atoms with van der Waals surface area (Å²) in [7, 11) is 0.385. The maximum absolute atomic E-state index is 12.6. The lowest BCUT2D eigenvalue weighted by molar-refractivity contribution is 0.299. The molecule has 0 fully saturated rings. The molecule has 2 aromatic rings. The Balaban J connectivity index is 2.14. The van der Waals surface area contributed by atoms with Crippen LogP contribution in [-0.4, -0.2) is 34.0 Å². The second kappa shape index (κ2) is 8.13. The summed E-state index contributed by atoms with van der Waals surface area (Å²) in [4.78, 5) is 2.33. The fraction of sp³-hybridized carbons (Fsp3) is 0.400. The average molecular weight is 361 g/mol. The van der Waals surface area contributed by atoms with Crippen LogP contribution in [0.4, 0.5) is 0 Å². The van der Waals surface area contributed by atoms with Gasteiger partial charge in [-0.1, -0.05) is 55.8 Å². The number of rotatable bonds is 7. The van der Waals surface area contributed by atoms with Gasteiger partial charge < -0.3 is 4.90 Å². The molecule has 1 N–H and O–H groups in total. The van der Waals surface area contributed by atoms with Crippen molar-refractivity contribution in [3.63, 3.8) is 0 Å². The Morgan fingerprint density at radius 3 is 1.92 bits per heavy atom. The highest BCUT2D eigenvalue weighted by molar-refractivity contribution is 7.89. The second-order valence-corrected chi connectivity index (χ2v) is 8.73. The molecule has 1 unspecified atom stereocenters. The highest BCUT2D eigenvalue weighted by atomic mass is 32.2. The highest BCUT2D eigenvalue weighted by Crippen LogP contribution is 2.20. The van der Waals surface area contributed by atoms with Crippen LogP contribution in [0.25, 0.3) is 0 Å². The Hall–Kier alpha value is -1.69. The number of likely N-dealkylation sites (N-methyl/N-ethyl adjacent to an activating group) is 1. The number of hydrogen-bond donors (Lipinski definition) is 1. The van der Waals surface area contributed by atoms with Crippen LogP contribution in [0.15, 0.2) is 53.4 Å². The van der Waals surface area contributed by atoms with E-state index < -0.39 is 10.0 Å². The number of sulfonamides is 1. The standard InChI is InChI=1S/C20H28N2O2S/c1-15(2)17-10-12-19(13-11-17)25(23,24)21-14-20(22(4)5)18-8-6-16(3)7-9-18/h6-13,15,20-21H,14H2,1-5H3. The molecule has 2 aromatic carbocycles. The maximum Gasteiger partial charge on any atom is 0.240 e. The van der Waals surface area contributed by atoms with Crippen molar-refractivity contribution >= 4 is 10.0 Å². The predicted octanol–water partition coefficient (Wildman–Crippen LogP) is 3.70. The highest BCUT2D eigenvalue weighted by Gasteiger charge is 2.19. The summed E-state index contributed by atoms with van der Waals surface area (Å²) in [6, 6.07) is 15.3. The molecule has 0 heterocycles. The zero-order valence-electron chi connectivity index (χ0n) is 15.7. The molecule has 136 valence electrons. The normalized spacial score (nSPS) is 13.4. The number of hydrogen-bond acceptors (Lipinski definition) is 3. The van der Waals surface area contributed by atoms with E-state index in [-0.39, 0.29) is 6.04 Å². The van der Waals surface area contributed by atoms with Gasteiger partial charge in [-0.15, -0.1) is 0 Å². The van der Waals surface area contributed by atoms with Gasteiger partial charge in [0.25, 0.3) is 0 Å². The Morgan fingerprint density at radius 1 is 0.920 bits per heavy atom. The zero-order valence-corrected chi connectivity index (χ0v) is 16.5. The molecular weight excluding hydrogens is 332 g/mol. The molecule has 0 aliphatic rings. The van der Waals surface area contributed by atoms with Crippen molar-refractivity contribution in [2.75, 3.05) is 20.6 Å². The Kier molecular flexibility index (Phi) is 6.38. The van der Waals surface area contributed by atoms with Crippen LogP contribution < -0.4 is 4.72 Å². The first-order valence-electron chi connectivity index (χ1n) is 8.53. The summed E-state index contributed by atoms with van der Waals surface area (Å²) >= 11 is 0. The fourth-order valence-corrected chi connectivity index (χ4v) is 3.73. The second-order valence-electron chi connectivity index (χ2n) is 6.97. The van der Waals surface area contributed by atoms with Gasteiger partial charge in [0, 0.05) is 12.6 Å². The molecule has 0 saturated heterocycles. The molecular formula is C20H28N2O2S. The van der Waals surface area contributed by atoms with Crippen LogP contribution in [0.5, 0.6) is 0 Å². The van der Waals surface area contributed by atoms with Gasteiger partial charge in [-0.25, -0.2) is 13.1 Å². The van der Waals surface area contributed by atoms with Crippen molar-refractivity contribution in [1.29, 1.82) is 0 Å². The summed E-state index contributed by atoms with van der Waals surface area (Å²) in [5.74, 6) is 0.379. The van der Waals surface area contributed by atoms with E-state index in [1.807, 2.05) is 62.3 Å². The third kappa shape index (κ3) is 5.14. The minimum Gasteiger partial charge on any atom is -0.301 e. The molecule has 2 rings (SSSR count). The number of nitrogens with one attached hydrogen (secondary N) is 1. The SMILES string of the molecule is Cc1ccc(C(CNS(=O)(=O)c2ccc(C(C)C)cc2)N(C)C)cc1. The van der Waals surface area contributed by atoms with Gasteiger partial charge in [-0.05, 0) is 50.2 Å². The Labute approximate surface area is 151 Å². The number of nitrogens with zero attached hydrogens (tertiary/aromatic N) is 1. The number of aryl methyl sites for hydroxylation is 1.